The lowest BCUT2D eigenvalue weighted by Gasteiger charge is -2.29. The van der Waals surface area contributed by atoms with Gasteiger partial charge in [0.2, 0.25) is 15.9 Å². The maximum absolute atomic E-state index is 12.1. The number of nitrogens with one attached hydrogen (secondary N) is 1. The Labute approximate surface area is 132 Å². The molecular weight excluding hydrogens is 300 g/mol. The van der Waals surface area contributed by atoms with Crippen LogP contribution in [0.15, 0.2) is 30.3 Å². The molecule has 5 nitrogen and oxygen atoms in total. The molecule has 1 aromatic rings. The van der Waals surface area contributed by atoms with Gasteiger partial charge in [-0.3, -0.25) is 9.52 Å². The van der Waals surface area contributed by atoms with E-state index in [4.69, 9.17) is 0 Å². The summed E-state index contributed by atoms with van der Waals surface area (Å²) in [6.45, 7) is 3.85. The monoisotopic (exact) mass is 322 g/mol. The fraction of sp³-hybridized carbons (Fsp3) is 0.438. The molecule has 0 saturated carbocycles. The van der Waals surface area contributed by atoms with Gasteiger partial charge >= 0.3 is 0 Å². The highest BCUT2D eigenvalue weighted by Gasteiger charge is 2.18. The number of carbonyl (C=O) groups excluding carboxylic acids is 1. The van der Waals surface area contributed by atoms with Gasteiger partial charge in [0.1, 0.15) is 0 Å². The Balaban J connectivity index is 1.94. The lowest BCUT2D eigenvalue weighted by atomic mass is 9.99. The van der Waals surface area contributed by atoms with Gasteiger partial charge < -0.3 is 4.90 Å². The lowest BCUT2D eigenvalue weighted by Crippen LogP contribution is -2.36. The summed E-state index contributed by atoms with van der Waals surface area (Å²) in [5.74, 6) is 0.730. The molecule has 0 spiro atoms. The Kier molecular flexibility index (Phi) is 5.24. The number of amides is 1. The zero-order chi connectivity index (χ0) is 16.2. The molecule has 1 aromatic carbocycles. The maximum Gasteiger partial charge on any atom is 0.246 e. The van der Waals surface area contributed by atoms with Crippen LogP contribution in [0.1, 0.15) is 25.3 Å². The number of anilines is 1. The Hall–Kier alpha value is -1.82. The summed E-state index contributed by atoms with van der Waals surface area (Å²) in [5, 5.41) is 0. The lowest BCUT2D eigenvalue weighted by molar-refractivity contribution is -0.127. The third-order valence-corrected chi connectivity index (χ3v) is 4.33. The Morgan fingerprint density at radius 1 is 1.23 bits per heavy atom. The highest BCUT2D eigenvalue weighted by atomic mass is 32.2. The summed E-state index contributed by atoms with van der Waals surface area (Å²) in [6.07, 6.45) is 6.56. The predicted octanol–water partition coefficient (Wildman–Crippen LogP) is 2.33. The van der Waals surface area contributed by atoms with Gasteiger partial charge in [-0.25, -0.2) is 8.42 Å². The van der Waals surface area contributed by atoms with Crippen LogP contribution in [-0.4, -0.2) is 38.6 Å². The SMILES string of the molecule is CC1CCN(C(=O)/C=C/c2ccc(NS(C)(=O)=O)cc2)CC1. The third-order valence-electron chi connectivity index (χ3n) is 3.73. The van der Waals surface area contributed by atoms with Crippen molar-refractivity contribution in [2.24, 2.45) is 5.92 Å². The second-order valence-corrected chi connectivity index (χ2v) is 7.59. The van der Waals surface area contributed by atoms with Crippen LogP contribution >= 0.6 is 0 Å². The van der Waals surface area contributed by atoms with Crippen LogP contribution in [-0.2, 0) is 14.8 Å². The van der Waals surface area contributed by atoms with Crippen LogP contribution in [0.2, 0.25) is 0 Å². The van der Waals surface area contributed by atoms with E-state index in [0.29, 0.717) is 11.6 Å². The molecule has 6 heteroatoms. The topological polar surface area (TPSA) is 66.5 Å². The number of likely N-dealkylation sites (tertiary alicyclic amines) is 1. The Morgan fingerprint density at radius 3 is 2.36 bits per heavy atom. The molecule has 1 aliphatic heterocycles. The van der Waals surface area contributed by atoms with Crippen LogP contribution in [0.25, 0.3) is 6.08 Å². The first-order valence-corrected chi connectivity index (χ1v) is 9.27. The normalized spacial score (nSPS) is 16.9. The van der Waals surface area contributed by atoms with E-state index in [2.05, 4.69) is 11.6 Å². The van der Waals surface area contributed by atoms with E-state index in [1.165, 1.54) is 0 Å². The Bertz CT molecular complexity index is 642. The molecule has 1 amide bonds. The fourth-order valence-electron chi connectivity index (χ4n) is 2.38. The van der Waals surface area contributed by atoms with Crippen LogP contribution in [0, 0.1) is 5.92 Å². The number of hydrogen-bond donors (Lipinski definition) is 1. The van der Waals surface area contributed by atoms with Crippen molar-refractivity contribution in [3.8, 4) is 0 Å². The minimum atomic E-state index is -3.26. The van der Waals surface area contributed by atoms with E-state index in [-0.39, 0.29) is 5.91 Å². The van der Waals surface area contributed by atoms with E-state index in [9.17, 15) is 13.2 Å². The van der Waals surface area contributed by atoms with E-state index >= 15 is 0 Å². The van der Waals surface area contributed by atoms with Gasteiger partial charge in [0, 0.05) is 24.9 Å². The minimum absolute atomic E-state index is 0.0326. The van der Waals surface area contributed by atoms with E-state index in [0.717, 1.165) is 37.8 Å². The van der Waals surface area contributed by atoms with Crippen molar-refractivity contribution in [1.29, 1.82) is 0 Å². The number of nitrogens with zero attached hydrogens (tertiary/aromatic N) is 1. The summed E-state index contributed by atoms with van der Waals surface area (Å²) in [5.41, 5.74) is 1.37. The van der Waals surface area contributed by atoms with Crippen molar-refractivity contribution in [3.05, 3.63) is 35.9 Å². The number of sulfonamides is 1. The molecule has 22 heavy (non-hydrogen) atoms. The molecule has 0 bridgehead atoms. The standard InChI is InChI=1S/C16H22N2O3S/c1-13-9-11-18(12-10-13)16(19)8-5-14-3-6-15(7-4-14)17-22(2,20)21/h3-8,13,17H,9-12H2,1-2H3/b8-5+. The number of piperidine rings is 1. The van der Waals surface area contributed by atoms with Gasteiger partial charge in [0.15, 0.2) is 0 Å². The predicted molar refractivity (Wildman–Crippen MR) is 88.9 cm³/mol. The second-order valence-electron chi connectivity index (χ2n) is 5.84. The van der Waals surface area contributed by atoms with E-state index < -0.39 is 10.0 Å². The second kappa shape index (κ2) is 6.96. The molecule has 0 unspecified atom stereocenters. The molecule has 1 aliphatic rings. The highest BCUT2D eigenvalue weighted by molar-refractivity contribution is 7.92. The highest BCUT2D eigenvalue weighted by Crippen LogP contribution is 2.17. The van der Waals surface area contributed by atoms with Crippen molar-refractivity contribution in [3.63, 3.8) is 0 Å². The quantitative estimate of drug-likeness (QED) is 0.865. The number of carbonyl (C=O) groups is 1. The molecular formula is C16H22N2O3S. The van der Waals surface area contributed by atoms with Crippen LogP contribution < -0.4 is 4.72 Å². The van der Waals surface area contributed by atoms with Crippen LogP contribution in [0.3, 0.4) is 0 Å². The van der Waals surface area contributed by atoms with Crippen LogP contribution in [0.5, 0.6) is 0 Å². The van der Waals surface area contributed by atoms with Crippen molar-refractivity contribution in [1.82, 2.24) is 4.90 Å². The molecule has 1 heterocycles. The molecule has 1 N–H and O–H groups in total. The molecule has 1 fully saturated rings. The van der Waals surface area contributed by atoms with Gasteiger partial charge in [-0.1, -0.05) is 19.1 Å². The van der Waals surface area contributed by atoms with Crippen molar-refractivity contribution < 1.29 is 13.2 Å². The first-order valence-electron chi connectivity index (χ1n) is 7.38. The van der Waals surface area contributed by atoms with Gasteiger partial charge in [-0.05, 0) is 42.5 Å². The zero-order valence-electron chi connectivity index (χ0n) is 13.0. The average Bonchev–Trinajstić information content (AvgIpc) is 2.45. The summed E-state index contributed by atoms with van der Waals surface area (Å²) in [7, 11) is -3.26. The molecule has 2 rings (SSSR count). The Morgan fingerprint density at radius 2 is 1.82 bits per heavy atom. The number of benzene rings is 1. The summed E-state index contributed by atoms with van der Waals surface area (Å²) in [4.78, 5) is 14.0. The number of rotatable bonds is 4. The first-order chi connectivity index (χ1) is 10.3. The van der Waals surface area contributed by atoms with Gasteiger partial charge in [0.25, 0.3) is 0 Å². The average molecular weight is 322 g/mol. The smallest absolute Gasteiger partial charge is 0.246 e. The van der Waals surface area contributed by atoms with Crippen LogP contribution in [0.4, 0.5) is 5.69 Å². The number of hydrogen-bond acceptors (Lipinski definition) is 3. The van der Waals surface area contributed by atoms with Gasteiger partial charge in [0.05, 0.1) is 6.26 Å². The summed E-state index contributed by atoms with van der Waals surface area (Å²) >= 11 is 0. The minimum Gasteiger partial charge on any atom is -0.339 e. The maximum atomic E-state index is 12.1. The first kappa shape index (κ1) is 16.5. The van der Waals surface area contributed by atoms with Gasteiger partial charge in [-0.15, -0.1) is 0 Å². The van der Waals surface area contributed by atoms with Gasteiger partial charge in [-0.2, -0.15) is 0 Å². The van der Waals surface area contributed by atoms with E-state index in [1.54, 1.807) is 36.4 Å². The fourth-order valence-corrected chi connectivity index (χ4v) is 2.94. The largest absolute Gasteiger partial charge is 0.339 e. The molecule has 0 atom stereocenters. The summed E-state index contributed by atoms with van der Waals surface area (Å²) < 4.78 is 24.6. The third kappa shape index (κ3) is 5.18. The zero-order valence-corrected chi connectivity index (χ0v) is 13.8. The molecule has 1 saturated heterocycles. The molecule has 0 aromatic heterocycles. The van der Waals surface area contributed by atoms with Crippen molar-refractivity contribution in [2.45, 2.75) is 19.8 Å². The molecule has 0 radical (unpaired) electrons. The summed E-state index contributed by atoms with van der Waals surface area (Å²) in [6, 6.07) is 6.90. The molecule has 120 valence electrons. The van der Waals surface area contributed by atoms with Crippen molar-refractivity contribution >= 4 is 27.7 Å². The molecule has 0 aliphatic carbocycles. The van der Waals surface area contributed by atoms with E-state index in [1.807, 2.05) is 4.90 Å². The van der Waals surface area contributed by atoms with Crippen molar-refractivity contribution in [2.75, 3.05) is 24.1 Å².